The van der Waals surface area contributed by atoms with Gasteiger partial charge < -0.3 is 5.73 Å². The van der Waals surface area contributed by atoms with Gasteiger partial charge in [-0.25, -0.2) is 0 Å². The number of hydrogen-bond acceptors (Lipinski definition) is 1. The molecule has 2 heteroatoms. The van der Waals surface area contributed by atoms with Crippen LogP contribution in [0.3, 0.4) is 0 Å². The van der Waals surface area contributed by atoms with Crippen molar-refractivity contribution in [3.8, 4) is 0 Å². The highest BCUT2D eigenvalue weighted by molar-refractivity contribution is 5.91. The summed E-state index contributed by atoms with van der Waals surface area (Å²) >= 11 is 0. The summed E-state index contributed by atoms with van der Waals surface area (Å²) in [7, 11) is 0. The first kappa shape index (κ1) is 8.95. The maximum Gasteiger partial charge on any atom is 0.244 e. The van der Waals surface area contributed by atoms with Crippen molar-refractivity contribution in [2.45, 2.75) is 20.3 Å². The Hall–Kier alpha value is -1.05. The zero-order chi connectivity index (χ0) is 7.98. The molecule has 0 fully saturated rings. The largest absolute Gasteiger partial charge is 0.366 e. The van der Waals surface area contributed by atoms with Crippen molar-refractivity contribution in [3.63, 3.8) is 0 Å². The number of carbonyl (C=O) groups excluding carboxylic acids is 1. The molecule has 2 N–H and O–H groups in total. The second-order valence-corrected chi connectivity index (χ2v) is 2.05. The summed E-state index contributed by atoms with van der Waals surface area (Å²) in [5.74, 6) is -0.360. The van der Waals surface area contributed by atoms with Gasteiger partial charge in [-0.1, -0.05) is 25.2 Å². The average Bonchev–Trinajstić information content (AvgIpc) is 1.88. The summed E-state index contributed by atoms with van der Waals surface area (Å²) in [6.07, 6.45) is 6.49. The van der Waals surface area contributed by atoms with Gasteiger partial charge in [-0.2, -0.15) is 0 Å². The Labute approximate surface area is 61.4 Å². The summed E-state index contributed by atoms with van der Waals surface area (Å²) in [5, 5.41) is 0. The molecular weight excluding hydrogens is 126 g/mol. The summed E-state index contributed by atoms with van der Waals surface area (Å²) in [4.78, 5) is 10.4. The highest BCUT2D eigenvalue weighted by Gasteiger charge is 1.91. The van der Waals surface area contributed by atoms with Crippen molar-refractivity contribution in [2.24, 2.45) is 5.73 Å². The standard InChI is InChI=1S/C8H13NO/c1-3-4-5-6-7(2)8(9)10/h4-6H,3H2,1-2H3,(H2,9,10). The lowest BCUT2D eigenvalue weighted by atomic mass is 10.2. The van der Waals surface area contributed by atoms with E-state index in [1.54, 1.807) is 13.0 Å². The van der Waals surface area contributed by atoms with Gasteiger partial charge in [0.05, 0.1) is 0 Å². The van der Waals surface area contributed by atoms with Gasteiger partial charge in [0.1, 0.15) is 0 Å². The number of primary amides is 1. The quantitative estimate of drug-likeness (QED) is 0.466. The molecule has 0 unspecified atom stereocenters. The molecule has 0 aromatic heterocycles. The van der Waals surface area contributed by atoms with Crippen LogP contribution in [0.1, 0.15) is 20.3 Å². The molecular formula is C8H13NO. The van der Waals surface area contributed by atoms with Gasteiger partial charge in [0.15, 0.2) is 0 Å². The van der Waals surface area contributed by atoms with E-state index in [1.165, 1.54) is 0 Å². The smallest absolute Gasteiger partial charge is 0.244 e. The zero-order valence-corrected chi connectivity index (χ0v) is 6.42. The number of nitrogens with two attached hydrogens (primary N) is 1. The van der Waals surface area contributed by atoms with E-state index < -0.39 is 0 Å². The van der Waals surface area contributed by atoms with Crippen molar-refractivity contribution in [2.75, 3.05) is 0 Å². The predicted molar refractivity (Wildman–Crippen MR) is 42.4 cm³/mol. The Balaban J connectivity index is 3.92. The minimum absolute atomic E-state index is 0.360. The molecule has 0 aliphatic rings. The Morgan fingerprint density at radius 2 is 2.20 bits per heavy atom. The molecule has 0 bridgehead atoms. The summed E-state index contributed by atoms with van der Waals surface area (Å²) in [6, 6.07) is 0. The van der Waals surface area contributed by atoms with Gasteiger partial charge >= 0.3 is 0 Å². The average molecular weight is 139 g/mol. The molecule has 56 valence electrons. The van der Waals surface area contributed by atoms with Crippen molar-refractivity contribution in [3.05, 3.63) is 23.8 Å². The number of amides is 1. The number of hydrogen-bond donors (Lipinski definition) is 1. The Morgan fingerprint density at radius 3 is 2.60 bits per heavy atom. The van der Waals surface area contributed by atoms with Crippen LogP contribution in [-0.2, 0) is 4.79 Å². The molecule has 0 heterocycles. The highest BCUT2D eigenvalue weighted by atomic mass is 16.1. The molecule has 0 rings (SSSR count). The van der Waals surface area contributed by atoms with E-state index in [0.29, 0.717) is 5.57 Å². The Kier molecular flexibility index (Phi) is 4.29. The van der Waals surface area contributed by atoms with Gasteiger partial charge in [-0.15, -0.1) is 0 Å². The summed E-state index contributed by atoms with van der Waals surface area (Å²) in [5.41, 5.74) is 5.56. The fourth-order valence-electron chi connectivity index (χ4n) is 0.431. The molecule has 0 spiro atoms. The van der Waals surface area contributed by atoms with Crippen molar-refractivity contribution < 1.29 is 4.79 Å². The van der Waals surface area contributed by atoms with Crippen molar-refractivity contribution in [1.29, 1.82) is 0 Å². The van der Waals surface area contributed by atoms with E-state index in [2.05, 4.69) is 0 Å². The molecule has 0 radical (unpaired) electrons. The molecule has 2 nitrogen and oxygen atoms in total. The normalized spacial score (nSPS) is 12.4. The summed E-state index contributed by atoms with van der Waals surface area (Å²) in [6.45, 7) is 3.73. The number of rotatable bonds is 3. The molecule has 10 heavy (non-hydrogen) atoms. The van der Waals surface area contributed by atoms with Crippen LogP contribution < -0.4 is 5.73 Å². The number of allylic oxidation sites excluding steroid dienone is 3. The molecule has 0 saturated heterocycles. The molecule has 0 aromatic carbocycles. The van der Waals surface area contributed by atoms with Gasteiger partial charge in [0, 0.05) is 5.57 Å². The molecule has 0 atom stereocenters. The third-order valence-electron chi connectivity index (χ3n) is 1.11. The van der Waals surface area contributed by atoms with Crippen LogP contribution >= 0.6 is 0 Å². The maximum absolute atomic E-state index is 10.4. The zero-order valence-electron chi connectivity index (χ0n) is 6.42. The van der Waals surface area contributed by atoms with Crippen LogP contribution in [0.25, 0.3) is 0 Å². The second kappa shape index (κ2) is 4.79. The van der Waals surface area contributed by atoms with Crippen LogP contribution in [-0.4, -0.2) is 5.91 Å². The van der Waals surface area contributed by atoms with E-state index in [4.69, 9.17) is 5.73 Å². The highest BCUT2D eigenvalue weighted by Crippen LogP contribution is 1.91. The first-order chi connectivity index (χ1) is 4.68. The van der Waals surface area contributed by atoms with Crippen LogP contribution in [0, 0.1) is 0 Å². The second-order valence-electron chi connectivity index (χ2n) is 2.05. The number of carbonyl (C=O) groups is 1. The molecule has 0 aliphatic carbocycles. The SMILES string of the molecule is CCC=CC=C(C)C(N)=O. The third kappa shape index (κ3) is 3.89. The first-order valence-corrected chi connectivity index (χ1v) is 3.31. The van der Waals surface area contributed by atoms with Gasteiger partial charge in [-0.3, -0.25) is 4.79 Å². The van der Waals surface area contributed by atoms with Crippen LogP contribution in [0.15, 0.2) is 23.8 Å². The lowest BCUT2D eigenvalue weighted by Gasteiger charge is -1.87. The summed E-state index contributed by atoms with van der Waals surface area (Å²) < 4.78 is 0. The van der Waals surface area contributed by atoms with Gasteiger partial charge in [0.2, 0.25) is 5.91 Å². The van der Waals surface area contributed by atoms with Gasteiger partial charge in [-0.05, 0) is 13.3 Å². The first-order valence-electron chi connectivity index (χ1n) is 3.31. The monoisotopic (exact) mass is 139 g/mol. The maximum atomic E-state index is 10.4. The van der Waals surface area contributed by atoms with Crippen LogP contribution in [0.2, 0.25) is 0 Å². The van der Waals surface area contributed by atoms with Crippen LogP contribution in [0.4, 0.5) is 0 Å². The fraction of sp³-hybridized carbons (Fsp3) is 0.375. The fourth-order valence-corrected chi connectivity index (χ4v) is 0.431. The molecule has 0 saturated carbocycles. The van der Waals surface area contributed by atoms with Crippen molar-refractivity contribution in [1.82, 2.24) is 0 Å². The van der Waals surface area contributed by atoms with Gasteiger partial charge in [0.25, 0.3) is 0 Å². The lowest BCUT2D eigenvalue weighted by molar-refractivity contribution is -0.114. The minimum atomic E-state index is -0.360. The van der Waals surface area contributed by atoms with Crippen molar-refractivity contribution >= 4 is 5.91 Å². The van der Waals surface area contributed by atoms with E-state index >= 15 is 0 Å². The molecule has 0 aromatic rings. The predicted octanol–water partition coefficient (Wildman–Crippen LogP) is 1.38. The van der Waals surface area contributed by atoms with E-state index in [0.717, 1.165) is 6.42 Å². The Bertz CT molecular complexity index is 168. The van der Waals surface area contributed by atoms with E-state index in [9.17, 15) is 4.79 Å². The molecule has 1 amide bonds. The molecule has 0 aliphatic heterocycles. The van der Waals surface area contributed by atoms with E-state index in [-0.39, 0.29) is 5.91 Å². The van der Waals surface area contributed by atoms with E-state index in [1.807, 2.05) is 19.1 Å². The topological polar surface area (TPSA) is 43.1 Å². The lowest BCUT2D eigenvalue weighted by Crippen LogP contribution is -2.11. The third-order valence-corrected chi connectivity index (χ3v) is 1.11. The Morgan fingerprint density at radius 1 is 1.60 bits per heavy atom. The van der Waals surface area contributed by atoms with Crippen LogP contribution in [0.5, 0.6) is 0 Å². The minimum Gasteiger partial charge on any atom is -0.366 e.